The number of carbonyl (C=O) groups is 1. The van der Waals surface area contributed by atoms with Crippen molar-refractivity contribution in [1.82, 2.24) is 9.88 Å². The van der Waals surface area contributed by atoms with Gasteiger partial charge in [-0.2, -0.15) is 0 Å². The van der Waals surface area contributed by atoms with Crippen LogP contribution >= 0.6 is 35.0 Å². The molecule has 0 aliphatic carbocycles. The maximum Gasteiger partial charge on any atom is 0.264 e. The summed E-state index contributed by atoms with van der Waals surface area (Å²) in [6.45, 7) is 2.63. The summed E-state index contributed by atoms with van der Waals surface area (Å²) >= 11 is 13.5. The van der Waals surface area contributed by atoms with Gasteiger partial charge in [-0.3, -0.25) is 4.79 Å². The van der Waals surface area contributed by atoms with Gasteiger partial charge in [0.25, 0.3) is 5.91 Å². The number of aromatic nitrogens is 1. The van der Waals surface area contributed by atoms with Crippen LogP contribution in [0.3, 0.4) is 0 Å². The first-order chi connectivity index (χ1) is 16.4. The molecule has 4 aromatic rings. The summed E-state index contributed by atoms with van der Waals surface area (Å²) in [5, 5.41) is 5.13. The Kier molecular flexibility index (Phi) is 6.21. The molecule has 3 aromatic carbocycles. The van der Waals surface area contributed by atoms with Crippen LogP contribution in [0.4, 0.5) is 10.1 Å². The lowest BCUT2D eigenvalue weighted by Crippen LogP contribution is -2.19. The molecule has 2 heterocycles. The summed E-state index contributed by atoms with van der Waals surface area (Å²) in [5.74, 6) is -0.704. The highest BCUT2D eigenvalue weighted by molar-refractivity contribution is 8.18. The van der Waals surface area contributed by atoms with E-state index >= 15 is 0 Å². The fourth-order valence-electron chi connectivity index (χ4n) is 3.93. The van der Waals surface area contributed by atoms with Crippen molar-refractivity contribution in [2.24, 2.45) is 4.99 Å². The Morgan fingerprint density at radius 3 is 2.62 bits per heavy atom. The molecule has 1 fully saturated rings. The molecule has 0 spiro atoms. The van der Waals surface area contributed by atoms with Crippen LogP contribution in [0.15, 0.2) is 76.6 Å². The van der Waals surface area contributed by atoms with Crippen molar-refractivity contribution in [2.45, 2.75) is 13.5 Å². The van der Waals surface area contributed by atoms with E-state index in [1.807, 2.05) is 43.3 Å². The van der Waals surface area contributed by atoms with Crippen LogP contribution in [-0.4, -0.2) is 15.6 Å². The van der Waals surface area contributed by atoms with E-state index in [4.69, 9.17) is 23.2 Å². The van der Waals surface area contributed by atoms with Gasteiger partial charge in [-0.05, 0) is 60.7 Å². The summed E-state index contributed by atoms with van der Waals surface area (Å²) < 4.78 is 16.2. The van der Waals surface area contributed by atoms with E-state index in [-0.39, 0.29) is 11.6 Å². The topological polar surface area (TPSA) is 46.4 Å². The monoisotopic (exact) mass is 509 g/mol. The van der Waals surface area contributed by atoms with Crippen molar-refractivity contribution in [3.05, 3.63) is 104 Å². The van der Waals surface area contributed by atoms with Gasteiger partial charge in [0.1, 0.15) is 11.5 Å². The van der Waals surface area contributed by atoms with Gasteiger partial charge in [0.15, 0.2) is 5.17 Å². The Balaban J connectivity index is 1.53. The van der Waals surface area contributed by atoms with Crippen LogP contribution in [0, 0.1) is 12.7 Å². The minimum absolute atomic E-state index is 0.181. The number of thioether (sulfide) groups is 1. The normalized spacial score (nSPS) is 16.1. The summed E-state index contributed by atoms with van der Waals surface area (Å²) in [5.41, 5.74) is 4.19. The number of hydrogen-bond donors (Lipinski definition) is 1. The largest absolute Gasteiger partial charge is 0.340 e. The number of nitrogens with one attached hydrogen (secondary N) is 1. The molecule has 1 aliphatic rings. The summed E-state index contributed by atoms with van der Waals surface area (Å²) in [7, 11) is 0. The highest BCUT2D eigenvalue weighted by atomic mass is 35.5. The lowest BCUT2D eigenvalue weighted by Gasteiger charge is -2.10. The van der Waals surface area contributed by atoms with Gasteiger partial charge in [-0.15, -0.1) is 0 Å². The van der Waals surface area contributed by atoms with Gasteiger partial charge in [0.05, 0.1) is 15.0 Å². The third kappa shape index (κ3) is 4.37. The molecule has 4 nitrogen and oxygen atoms in total. The molecule has 0 unspecified atom stereocenters. The molecular weight excluding hydrogens is 492 g/mol. The molecule has 0 atom stereocenters. The summed E-state index contributed by atoms with van der Waals surface area (Å²) in [4.78, 5) is 17.4. The Morgan fingerprint density at radius 1 is 1.06 bits per heavy atom. The highest BCUT2D eigenvalue weighted by Gasteiger charge is 2.25. The number of amidine groups is 1. The first kappa shape index (κ1) is 22.7. The second-order valence-electron chi connectivity index (χ2n) is 7.78. The van der Waals surface area contributed by atoms with Crippen LogP contribution in [0.5, 0.6) is 0 Å². The minimum atomic E-state index is -0.441. The van der Waals surface area contributed by atoms with Crippen LogP contribution < -0.4 is 5.32 Å². The van der Waals surface area contributed by atoms with Crippen LogP contribution in [0.2, 0.25) is 10.0 Å². The Hall–Kier alpha value is -3.06. The van der Waals surface area contributed by atoms with E-state index in [0.717, 1.165) is 27.7 Å². The van der Waals surface area contributed by atoms with Gasteiger partial charge < -0.3 is 9.88 Å². The number of para-hydroxylation sites is 2. The van der Waals surface area contributed by atoms with E-state index in [2.05, 4.69) is 20.9 Å². The second-order valence-corrected chi connectivity index (χ2v) is 9.63. The maximum absolute atomic E-state index is 14.0. The number of halogens is 3. The van der Waals surface area contributed by atoms with Crippen molar-refractivity contribution in [1.29, 1.82) is 0 Å². The van der Waals surface area contributed by atoms with Gasteiger partial charge >= 0.3 is 0 Å². The quantitative estimate of drug-likeness (QED) is 0.292. The average molecular weight is 510 g/mol. The predicted molar refractivity (Wildman–Crippen MR) is 139 cm³/mol. The molecule has 1 aliphatic heterocycles. The number of amides is 1. The molecule has 170 valence electrons. The lowest BCUT2D eigenvalue weighted by atomic mass is 10.1. The molecule has 1 aromatic heterocycles. The minimum Gasteiger partial charge on any atom is -0.340 e. The van der Waals surface area contributed by atoms with E-state index in [1.165, 1.54) is 17.8 Å². The van der Waals surface area contributed by atoms with E-state index in [9.17, 15) is 9.18 Å². The zero-order valence-corrected chi connectivity index (χ0v) is 20.3. The Morgan fingerprint density at radius 2 is 1.82 bits per heavy atom. The Labute approximate surface area is 210 Å². The molecule has 34 heavy (non-hydrogen) atoms. The first-order valence-corrected chi connectivity index (χ1v) is 12.0. The van der Waals surface area contributed by atoms with Crippen molar-refractivity contribution in [2.75, 3.05) is 0 Å². The summed E-state index contributed by atoms with van der Waals surface area (Å²) in [6, 6.07) is 19.9. The van der Waals surface area contributed by atoms with E-state index in [1.54, 1.807) is 24.3 Å². The van der Waals surface area contributed by atoms with Gasteiger partial charge in [0.2, 0.25) is 0 Å². The molecule has 0 saturated carbocycles. The number of benzene rings is 3. The van der Waals surface area contributed by atoms with Crippen molar-refractivity contribution in [3.63, 3.8) is 0 Å². The second kappa shape index (κ2) is 9.29. The molecule has 0 bridgehead atoms. The van der Waals surface area contributed by atoms with Crippen molar-refractivity contribution in [3.8, 4) is 0 Å². The SMILES string of the molecule is Cc1c(/C=C2\SC(=Nc3ccccc3F)NC2=O)c2ccccc2n1Cc1ccc(Cl)c(Cl)c1. The zero-order chi connectivity index (χ0) is 23.8. The molecular formula is C26H18Cl2FN3OS. The molecule has 1 amide bonds. The van der Waals surface area contributed by atoms with Crippen molar-refractivity contribution >= 4 is 68.7 Å². The van der Waals surface area contributed by atoms with E-state index < -0.39 is 5.82 Å². The average Bonchev–Trinajstić information content (AvgIpc) is 3.30. The number of hydrogen-bond acceptors (Lipinski definition) is 3. The van der Waals surface area contributed by atoms with Crippen LogP contribution in [0.1, 0.15) is 16.8 Å². The zero-order valence-electron chi connectivity index (χ0n) is 18.0. The predicted octanol–water partition coefficient (Wildman–Crippen LogP) is 7.34. The third-order valence-electron chi connectivity index (χ3n) is 5.61. The molecule has 5 rings (SSSR count). The maximum atomic E-state index is 14.0. The standard InChI is InChI=1S/C26H18Cl2FN3OS/c1-15-18(13-24-25(33)31-26(34-24)30-22-8-4-3-7-21(22)29)17-6-2-5-9-23(17)32(15)14-16-10-11-19(27)20(28)12-16/h2-13H,14H2,1H3,(H,30,31,33)/b24-13-. The van der Waals surface area contributed by atoms with Gasteiger partial charge in [-0.25, -0.2) is 9.38 Å². The highest BCUT2D eigenvalue weighted by Crippen LogP contribution is 2.34. The fourth-order valence-corrected chi connectivity index (χ4v) is 5.06. The number of nitrogens with zero attached hydrogens (tertiary/aromatic N) is 2. The fraction of sp³-hybridized carbons (Fsp3) is 0.0769. The molecule has 0 radical (unpaired) electrons. The molecule has 1 N–H and O–H groups in total. The number of fused-ring (bicyclic) bond motifs is 1. The number of aliphatic imine (C=N–C) groups is 1. The van der Waals surface area contributed by atoms with E-state index in [0.29, 0.717) is 26.7 Å². The van der Waals surface area contributed by atoms with Crippen molar-refractivity contribution < 1.29 is 9.18 Å². The van der Waals surface area contributed by atoms with Gasteiger partial charge in [0, 0.05) is 28.7 Å². The number of rotatable bonds is 4. The first-order valence-electron chi connectivity index (χ1n) is 10.5. The smallest absolute Gasteiger partial charge is 0.264 e. The third-order valence-corrected chi connectivity index (χ3v) is 7.25. The summed E-state index contributed by atoms with van der Waals surface area (Å²) in [6.07, 6.45) is 1.87. The lowest BCUT2D eigenvalue weighted by molar-refractivity contribution is -0.115. The molecule has 8 heteroatoms. The molecule has 1 saturated heterocycles. The Bertz CT molecular complexity index is 1510. The van der Waals surface area contributed by atoms with Crippen LogP contribution in [-0.2, 0) is 11.3 Å². The van der Waals surface area contributed by atoms with Crippen LogP contribution in [0.25, 0.3) is 17.0 Å². The van der Waals surface area contributed by atoms with Gasteiger partial charge in [-0.1, -0.05) is 59.6 Å². The number of carbonyl (C=O) groups excluding carboxylic acids is 1.